The highest BCUT2D eigenvalue weighted by Gasteiger charge is 2.14. The summed E-state index contributed by atoms with van der Waals surface area (Å²) in [6.45, 7) is 0. The van der Waals surface area contributed by atoms with Crippen LogP contribution in [0.2, 0.25) is 5.02 Å². The Bertz CT molecular complexity index is 967. The van der Waals surface area contributed by atoms with Crippen LogP contribution in [0.5, 0.6) is 11.5 Å². The Balaban J connectivity index is 1.71. The van der Waals surface area contributed by atoms with Crippen LogP contribution in [0.4, 0.5) is 0 Å². The zero-order chi connectivity index (χ0) is 19.2. The predicted molar refractivity (Wildman–Crippen MR) is 104 cm³/mol. The van der Waals surface area contributed by atoms with Crippen LogP contribution in [0.3, 0.4) is 0 Å². The normalized spacial score (nSPS) is 10.4. The smallest absolute Gasteiger partial charge is 0.335 e. The molecule has 0 aliphatic rings. The number of Topliss-reactive ketones (excluding diaryl/α,β-unsaturated/α-hetero) is 1. The van der Waals surface area contributed by atoms with Crippen LogP contribution < -0.4 is 4.74 Å². The average molecular weight is 381 g/mol. The number of carboxylic acid groups (broad SMARTS) is 1. The predicted octanol–water partition coefficient (Wildman–Crippen LogP) is 5.18. The molecule has 0 bridgehead atoms. The van der Waals surface area contributed by atoms with Crippen molar-refractivity contribution in [3.8, 4) is 11.5 Å². The molecule has 0 fully saturated rings. The monoisotopic (exact) mass is 380 g/mol. The molecule has 4 nitrogen and oxygen atoms in total. The highest BCUT2D eigenvalue weighted by molar-refractivity contribution is 6.30. The van der Waals surface area contributed by atoms with Crippen LogP contribution in [-0.4, -0.2) is 16.9 Å². The standard InChI is InChI=1S/C22H17ClO4/c23-17-9-10-21(22(25)26)16(13-17)14-18(24)11-15-5-4-8-20(12-15)27-19-6-2-1-3-7-19/h1-10,12-13H,11,14H2,(H,25,26). The van der Waals surface area contributed by atoms with Crippen molar-refractivity contribution in [1.82, 2.24) is 0 Å². The maximum atomic E-state index is 12.5. The Labute approximate surface area is 162 Å². The van der Waals surface area contributed by atoms with Gasteiger partial charge in [0.1, 0.15) is 17.3 Å². The molecule has 0 amide bonds. The van der Waals surface area contributed by atoms with Crippen molar-refractivity contribution in [2.75, 3.05) is 0 Å². The van der Waals surface area contributed by atoms with E-state index in [4.69, 9.17) is 16.3 Å². The first-order chi connectivity index (χ1) is 13.0. The molecule has 0 saturated heterocycles. The van der Waals surface area contributed by atoms with E-state index in [2.05, 4.69) is 0 Å². The molecule has 0 atom stereocenters. The fourth-order valence-electron chi connectivity index (χ4n) is 2.76. The lowest BCUT2D eigenvalue weighted by Crippen LogP contribution is -2.11. The lowest BCUT2D eigenvalue weighted by Gasteiger charge is -2.09. The summed E-state index contributed by atoms with van der Waals surface area (Å²) >= 11 is 5.94. The van der Waals surface area contributed by atoms with E-state index in [-0.39, 0.29) is 24.2 Å². The van der Waals surface area contributed by atoms with Crippen LogP contribution in [-0.2, 0) is 17.6 Å². The van der Waals surface area contributed by atoms with Crippen molar-refractivity contribution >= 4 is 23.4 Å². The van der Waals surface area contributed by atoms with E-state index in [1.165, 1.54) is 18.2 Å². The van der Waals surface area contributed by atoms with Gasteiger partial charge in [0, 0.05) is 17.9 Å². The van der Waals surface area contributed by atoms with Gasteiger partial charge in [-0.05, 0) is 53.6 Å². The topological polar surface area (TPSA) is 63.6 Å². The van der Waals surface area contributed by atoms with Gasteiger partial charge in [0.15, 0.2) is 0 Å². The summed E-state index contributed by atoms with van der Waals surface area (Å²) in [5, 5.41) is 9.67. The van der Waals surface area contributed by atoms with E-state index < -0.39 is 5.97 Å². The third-order valence-corrected chi connectivity index (χ3v) is 4.20. The molecule has 0 aliphatic heterocycles. The molecular formula is C22H17ClO4. The first-order valence-electron chi connectivity index (χ1n) is 8.36. The number of halogens is 1. The van der Waals surface area contributed by atoms with Gasteiger partial charge in [-0.2, -0.15) is 0 Å². The van der Waals surface area contributed by atoms with Crippen LogP contribution in [0.25, 0.3) is 0 Å². The quantitative estimate of drug-likeness (QED) is 0.613. The summed E-state index contributed by atoms with van der Waals surface area (Å²) in [4.78, 5) is 23.8. The summed E-state index contributed by atoms with van der Waals surface area (Å²) in [5.74, 6) is 0.177. The third kappa shape index (κ3) is 5.19. The molecule has 1 N–H and O–H groups in total. The largest absolute Gasteiger partial charge is 0.478 e. The first-order valence-corrected chi connectivity index (χ1v) is 8.74. The summed E-state index contributed by atoms with van der Waals surface area (Å²) < 4.78 is 5.78. The van der Waals surface area contributed by atoms with Crippen molar-refractivity contribution in [2.24, 2.45) is 0 Å². The second kappa shape index (κ2) is 8.52. The molecule has 0 radical (unpaired) electrons. The molecule has 0 heterocycles. The van der Waals surface area contributed by atoms with E-state index in [1.54, 1.807) is 6.07 Å². The maximum absolute atomic E-state index is 12.5. The number of ether oxygens (including phenoxy) is 1. The van der Waals surface area contributed by atoms with Gasteiger partial charge in [-0.15, -0.1) is 0 Å². The molecule has 5 heteroatoms. The fraction of sp³-hybridized carbons (Fsp3) is 0.0909. The van der Waals surface area contributed by atoms with Crippen LogP contribution >= 0.6 is 11.6 Å². The molecule has 3 rings (SSSR count). The number of rotatable bonds is 7. The number of ketones is 1. The fourth-order valence-corrected chi connectivity index (χ4v) is 2.96. The highest BCUT2D eigenvalue weighted by Crippen LogP contribution is 2.23. The zero-order valence-electron chi connectivity index (χ0n) is 14.4. The van der Waals surface area contributed by atoms with Crippen LogP contribution in [0.15, 0.2) is 72.8 Å². The Hall–Kier alpha value is -3.11. The highest BCUT2D eigenvalue weighted by atomic mass is 35.5. The van der Waals surface area contributed by atoms with Crippen LogP contribution in [0.1, 0.15) is 21.5 Å². The number of aromatic carboxylic acids is 1. The number of hydrogen-bond donors (Lipinski definition) is 1. The van der Waals surface area contributed by atoms with Gasteiger partial charge in [0.05, 0.1) is 5.56 Å². The maximum Gasteiger partial charge on any atom is 0.335 e. The molecule has 0 saturated carbocycles. The number of para-hydroxylation sites is 1. The molecule has 0 spiro atoms. The molecular weight excluding hydrogens is 364 g/mol. The van der Waals surface area contributed by atoms with E-state index in [0.29, 0.717) is 22.1 Å². The average Bonchev–Trinajstić information content (AvgIpc) is 2.62. The molecule has 3 aromatic carbocycles. The summed E-state index contributed by atoms with van der Waals surface area (Å²) in [6, 6.07) is 21.1. The number of benzene rings is 3. The minimum Gasteiger partial charge on any atom is -0.478 e. The number of carboxylic acids is 1. The number of carbonyl (C=O) groups excluding carboxylic acids is 1. The van der Waals surface area contributed by atoms with Gasteiger partial charge in [-0.1, -0.05) is 41.9 Å². The lowest BCUT2D eigenvalue weighted by molar-refractivity contribution is -0.117. The van der Waals surface area contributed by atoms with Gasteiger partial charge in [0.25, 0.3) is 0 Å². The second-order valence-electron chi connectivity index (χ2n) is 6.06. The molecule has 0 aliphatic carbocycles. The van der Waals surface area contributed by atoms with E-state index >= 15 is 0 Å². The third-order valence-electron chi connectivity index (χ3n) is 3.96. The molecule has 0 aromatic heterocycles. The Morgan fingerprint density at radius 1 is 0.852 bits per heavy atom. The minimum atomic E-state index is -1.08. The summed E-state index contributed by atoms with van der Waals surface area (Å²) in [5.41, 5.74) is 1.30. The molecule has 136 valence electrons. The minimum absolute atomic E-state index is 0.00592. The number of hydrogen-bond acceptors (Lipinski definition) is 3. The van der Waals surface area contributed by atoms with Crippen LogP contribution in [0, 0.1) is 0 Å². The van der Waals surface area contributed by atoms with Gasteiger partial charge < -0.3 is 9.84 Å². The van der Waals surface area contributed by atoms with Gasteiger partial charge in [0.2, 0.25) is 0 Å². The summed E-state index contributed by atoms with van der Waals surface area (Å²) in [7, 11) is 0. The lowest BCUT2D eigenvalue weighted by atomic mass is 9.99. The van der Waals surface area contributed by atoms with Gasteiger partial charge in [-0.25, -0.2) is 4.79 Å². The van der Waals surface area contributed by atoms with Crippen molar-refractivity contribution in [3.63, 3.8) is 0 Å². The SMILES string of the molecule is O=C(Cc1cccc(Oc2ccccc2)c1)Cc1cc(Cl)ccc1C(=O)O. The Kier molecular flexibility index (Phi) is 5.89. The van der Waals surface area contributed by atoms with Crippen molar-refractivity contribution in [3.05, 3.63) is 94.5 Å². The van der Waals surface area contributed by atoms with E-state index in [0.717, 1.165) is 5.56 Å². The Morgan fingerprint density at radius 3 is 2.33 bits per heavy atom. The van der Waals surface area contributed by atoms with E-state index in [1.807, 2.05) is 48.5 Å². The van der Waals surface area contributed by atoms with Gasteiger partial charge >= 0.3 is 5.97 Å². The van der Waals surface area contributed by atoms with E-state index in [9.17, 15) is 14.7 Å². The Morgan fingerprint density at radius 2 is 1.59 bits per heavy atom. The zero-order valence-corrected chi connectivity index (χ0v) is 15.1. The first kappa shape index (κ1) is 18.7. The molecule has 0 unspecified atom stereocenters. The summed E-state index contributed by atoms with van der Waals surface area (Å²) in [6.07, 6.45) is 0.184. The van der Waals surface area contributed by atoms with Crippen molar-refractivity contribution in [2.45, 2.75) is 12.8 Å². The van der Waals surface area contributed by atoms with Crippen molar-refractivity contribution < 1.29 is 19.4 Å². The van der Waals surface area contributed by atoms with Crippen molar-refractivity contribution in [1.29, 1.82) is 0 Å². The van der Waals surface area contributed by atoms with Gasteiger partial charge in [-0.3, -0.25) is 4.79 Å². The molecule has 27 heavy (non-hydrogen) atoms. The number of carbonyl (C=O) groups is 2. The molecule has 3 aromatic rings. The second-order valence-corrected chi connectivity index (χ2v) is 6.50.